The van der Waals surface area contributed by atoms with E-state index in [0.29, 0.717) is 11.8 Å². The third-order valence-corrected chi connectivity index (χ3v) is 3.09. The summed E-state index contributed by atoms with van der Waals surface area (Å²) in [6, 6.07) is 1.74. The van der Waals surface area contributed by atoms with Crippen LogP contribution in [0, 0.1) is 17.7 Å². The molecule has 90 valence electrons. The van der Waals surface area contributed by atoms with E-state index in [2.05, 4.69) is 38.0 Å². The van der Waals surface area contributed by atoms with Crippen LogP contribution in [0.3, 0.4) is 0 Å². The number of rotatable bonds is 5. The highest BCUT2D eigenvalue weighted by Gasteiger charge is 2.21. The van der Waals surface area contributed by atoms with Gasteiger partial charge >= 0.3 is 0 Å². The zero-order chi connectivity index (χ0) is 12.1. The van der Waals surface area contributed by atoms with E-state index in [1.165, 1.54) is 6.20 Å². The molecule has 2 nitrogen and oxygen atoms in total. The van der Waals surface area contributed by atoms with Crippen molar-refractivity contribution in [2.45, 2.75) is 33.7 Å². The molecule has 0 aliphatic carbocycles. The van der Waals surface area contributed by atoms with E-state index in [4.69, 9.17) is 0 Å². The Kier molecular flexibility index (Phi) is 4.87. The van der Waals surface area contributed by atoms with E-state index in [-0.39, 0.29) is 11.9 Å². The molecule has 0 bridgehead atoms. The summed E-state index contributed by atoms with van der Waals surface area (Å²) in [5, 5.41) is 3.40. The maximum absolute atomic E-state index is 13.1. The second-order valence-corrected chi connectivity index (χ2v) is 4.57. The lowest BCUT2D eigenvalue weighted by Gasteiger charge is -2.27. The third-order valence-electron chi connectivity index (χ3n) is 3.09. The molecule has 0 aliphatic heterocycles. The zero-order valence-corrected chi connectivity index (χ0v) is 10.5. The summed E-state index contributed by atoms with van der Waals surface area (Å²) in [4.78, 5) is 3.91. The number of nitrogens with zero attached hydrogens (tertiary/aromatic N) is 1. The first-order valence-electron chi connectivity index (χ1n) is 5.90. The molecule has 1 heterocycles. The Morgan fingerprint density at radius 2 is 2.00 bits per heavy atom. The molecule has 0 aromatic carbocycles. The maximum Gasteiger partial charge on any atom is 0.141 e. The van der Waals surface area contributed by atoms with Crippen molar-refractivity contribution < 1.29 is 4.39 Å². The lowest BCUT2D eigenvalue weighted by atomic mass is 9.86. The van der Waals surface area contributed by atoms with Crippen molar-refractivity contribution in [1.82, 2.24) is 10.3 Å². The van der Waals surface area contributed by atoms with Crippen LogP contribution in [0.15, 0.2) is 18.5 Å². The fraction of sp³-hybridized carbons (Fsp3) is 0.615. The second kappa shape index (κ2) is 5.94. The van der Waals surface area contributed by atoms with Crippen LogP contribution in [0.4, 0.5) is 4.39 Å². The van der Waals surface area contributed by atoms with Crippen LogP contribution < -0.4 is 5.32 Å². The number of pyridine rings is 1. The van der Waals surface area contributed by atoms with Crippen molar-refractivity contribution in [1.29, 1.82) is 0 Å². The first-order chi connectivity index (χ1) is 7.56. The van der Waals surface area contributed by atoms with Gasteiger partial charge in [0.05, 0.1) is 6.20 Å². The molecule has 1 rings (SSSR count). The van der Waals surface area contributed by atoms with Gasteiger partial charge in [-0.3, -0.25) is 4.98 Å². The van der Waals surface area contributed by atoms with Crippen molar-refractivity contribution in [3.63, 3.8) is 0 Å². The highest BCUT2D eigenvalue weighted by Crippen LogP contribution is 2.27. The Morgan fingerprint density at radius 3 is 2.50 bits per heavy atom. The smallest absolute Gasteiger partial charge is 0.141 e. The van der Waals surface area contributed by atoms with Gasteiger partial charge in [0.1, 0.15) is 5.82 Å². The van der Waals surface area contributed by atoms with E-state index in [1.54, 1.807) is 12.3 Å². The van der Waals surface area contributed by atoms with Gasteiger partial charge in [-0.15, -0.1) is 0 Å². The molecule has 0 spiro atoms. The van der Waals surface area contributed by atoms with Crippen LogP contribution in [0.5, 0.6) is 0 Å². The topological polar surface area (TPSA) is 24.9 Å². The summed E-state index contributed by atoms with van der Waals surface area (Å²) in [5.41, 5.74) is 0.933. The van der Waals surface area contributed by atoms with Gasteiger partial charge < -0.3 is 5.32 Å². The molecule has 0 aliphatic rings. The standard InChI is InChI=1S/C13H21FN2/c1-5-16-13(10(4)9(2)3)11-6-12(14)8-15-7-11/h6-10,13,16H,5H2,1-4H3. The molecule has 1 N–H and O–H groups in total. The van der Waals surface area contributed by atoms with Gasteiger partial charge in [-0.05, 0) is 30.0 Å². The van der Waals surface area contributed by atoms with Gasteiger partial charge in [0.2, 0.25) is 0 Å². The Labute approximate surface area is 97.3 Å². The lowest BCUT2D eigenvalue weighted by molar-refractivity contribution is 0.306. The first-order valence-corrected chi connectivity index (χ1v) is 5.90. The van der Waals surface area contributed by atoms with Gasteiger partial charge in [-0.1, -0.05) is 27.7 Å². The Balaban J connectivity index is 2.93. The minimum absolute atomic E-state index is 0.174. The summed E-state index contributed by atoms with van der Waals surface area (Å²) in [6.45, 7) is 9.48. The van der Waals surface area contributed by atoms with Gasteiger partial charge in [0.25, 0.3) is 0 Å². The molecule has 0 amide bonds. The minimum atomic E-state index is -0.267. The zero-order valence-electron chi connectivity index (χ0n) is 10.5. The SMILES string of the molecule is CCNC(c1cncc(F)c1)C(C)C(C)C. The lowest BCUT2D eigenvalue weighted by Crippen LogP contribution is -2.29. The highest BCUT2D eigenvalue weighted by atomic mass is 19.1. The normalized spacial score (nSPS) is 15.1. The highest BCUT2D eigenvalue weighted by molar-refractivity contribution is 5.16. The van der Waals surface area contributed by atoms with E-state index in [1.807, 2.05) is 0 Å². The predicted octanol–water partition coefficient (Wildman–Crippen LogP) is 3.16. The molecular formula is C13H21FN2. The largest absolute Gasteiger partial charge is 0.310 e. The number of hydrogen-bond acceptors (Lipinski definition) is 2. The van der Waals surface area contributed by atoms with Crippen molar-refractivity contribution in [2.75, 3.05) is 6.54 Å². The third kappa shape index (κ3) is 3.27. The van der Waals surface area contributed by atoms with Gasteiger partial charge in [0.15, 0.2) is 0 Å². The number of aromatic nitrogens is 1. The quantitative estimate of drug-likeness (QED) is 0.831. The van der Waals surface area contributed by atoms with E-state index >= 15 is 0 Å². The fourth-order valence-electron chi connectivity index (χ4n) is 1.81. The summed E-state index contributed by atoms with van der Waals surface area (Å²) in [7, 11) is 0. The van der Waals surface area contributed by atoms with Crippen LogP contribution in [0.25, 0.3) is 0 Å². The Hall–Kier alpha value is -0.960. The van der Waals surface area contributed by atoms with Crippen LogP contribution in [-0.2, 0) is 0 Å². The monoisotopic (exact) mass is 224 g/mol. The molecule has 2 atom stereocenters. The molecule has 3 heteroatoms. The van der Waals surface area contributed by atoms with Gasteiger partial charge in [-0.25, -0.2) is 4.39 Å². The Morgan fingerprint density at radius 1 is 1.31 bits per heavy atom. The molecule has 16 heavy (non-hydrogen) atoms. The summed E-state index contributed by atoms with van der Waals surface area (Å²) in [5.74, 6) is 0.729. The van der Waals surface area contributed by atoms with Crippen LogP contribution in [0.2, 0.25) is 0 Å². The summed E-state index contributed by atoms with van der Waals surface area (Å²) >= 11 is 0. The molecule has 1 aromatic heterocycles. The van der Waals surface area contributed by atoms with Crippen LogP contribution in [-0.4, -0.2) is 11.5 Å². The molecule has 0 saturated carbocycles. The van der Waals surface area contributed by atoms with Crippen LogP contribution >= 0.6 is 0 Å². The second-order valence-electron chi connectivity index (χ2n) is 4.57. The molecule has 0 fully saturated rings. The fourth-order valence-corrected chi connectivity index (χ4v) is 1.81. The number of halogens is 1. The molecule has 0 saturated heterocycles. The van der Waals surface area contributed by atoms with Crippen molar-refractivity contribution in [2.24, 2.45) is 11.8 Å². The summed E-state index contributed by atoms with van der Waals surface area (Å²) < 4.78 is 13.1. The maximum atomic E-state index is 13.1. The van der Waals surface area contributed by atoms with Gasteiger partial charge in [0, 0.05) is 12.2 Å². The van der Waals surface area contributed by atoms with Crippen molar-refractivity contribution in [3.8, 4) is 0 Å². The van der Waals surface area contributed by atoms with E-state index < -0.39 is 0 Å². The average molecular weight is 224 g/mol. The minimum Gasteiger partial charge on any atom is -0.310 e. The van der Waals surface area contributed by atoms with E-state index in [0.717, 1.165) is 12.1 Å². The molecule has 1 aromatic rings. The summed E-state index contributed by atoms with van der Waals surface area (Å²) in [6.07, 6.45) is 2.99. The van der Waals surface area contributed by atoms with Crippen molar-refractivity contribution >= 4 is 0 Å². The Bertz CT molecular complexity index is 325. The van der Waals surface area contributed by atoms with Gasteiger partial charge in [-0.2, -0.15) is 0 Å². The average Bonchev–Trinajstić information content (AvgIpc) is 2.24. The van der Waals surface area contributed by atoms with Crippen LogP contribution in [0.1, 0.15) is 39.3 Å². The van der Waals surface area contributed by atoms with E-state index in [9.17, 15) is 4.39 Å². The number of nitrogens with one attached hydrogen (secondary N) is 1. The number of hydrogen-bond donors (Lipinski definition) is 1. The van der Waals surface area contributed by atoms with Crippen molar-refractivity contribution in [3.05, 3.63) is 29.8 Å². The molecule has 0 radical (unpaired) electrons. The molecular weight excluding hydrogens is 203 g/mol. The first kappa shape index (κ1) is 13.1. The predicted molar refractivity (Wildman–Crippen MR) is 64.6 cm³/mol. The molecule has 2 unspecified atom stereocenters.